The molecule has 0 aliphatic carbocycles. The first-order chi connectivity index (χ1) is 6.76. The summed E-state index contributed by atoms with van der Waals surface area (Å²) in [7, 11) is 0. The van der Waals surface area contributed by atoms with Crippen molar-refractivity contribution in [2.24, 2.45) is 5.92 Å². The van der Waals surface area contributed by atoms with E-state index in [1.807, 2.05) is 0 Å². The van der Waals surface area contributed by atoms with Crippen LogP contribution in [0, 0.1) is 5.92 Å². The average molecular weight is 216 g/mol. The molecule has 0 aliphatic rings. The number of hydrogen-bond acceptors (Lipinski definition) is 3. The molecule has 0 aromatic heterocycles. The highest BCUT2D eigenvalue weighted by Crippen LogP contribution is 2.14. The number of carboxylic acid groups (broad SMARTS) is 1. The Morgan fingerprint density at radius 3 is 2.20 bits per heavy atom. The maximum Gasteiger partial charge on any atom is 0.306 e. The molecule has 0 radical (unpaired) electrons. The number of carbonyl (C=O) groups is 2. The van der Waals surface area contributed by atoms with Crippen molar-refractivity contribution in [1.29, 1.82) is 0 Å². The third kappa shape index (κ3) is 6.94. The number of esters is 1. The molecule has 15 heavy (non-hydrogen) atoms. The molecular formula is C11H20O4. The van der Waals surface area contributed by atoms with Crippen molar-refractivity contribution in [2.75, 3.05) is 0 Å². The van der Waals surface area contributed by atoms with Crippen LogP contribution in [0.2, 0.25) is 0 Å². The third-order valence-corrected chi connectivity index (χ3v) is 1.96. The quantitative estimate of drug-likeness (QED) is 0.716. The highest BCUT2D eigenvalue weighted by molar-refractivity contribution is 5.73. The van der Waals surface area contributed by atoms with Gasteiger partial charge in [0.25, 0.3) is 0 Å². The van der Waals surface area contributed by atoms with Gasteiger partial charge in [-0.2, -0.15) is 0 Å². The van der Waals surface area contributed by atoms with E-state index in [9.17, 15) is 9.59 Å². The largest absolute Gasteiger partial charge is 0.481 e. The normalized spacial score (nSPS) is 13.3. The zero-order valence-electron chi connectivity index (χ0n) is 9.87. The van der Waals surface area contributed by atoms with Gasteiger partial charge in [0.2, 0.25) is 0 Å². The van der Waals surface area contributed by atoms with Gasteiger partial charge in [-0.05, 0) is 33.6 Å². The van der Waals surface area contributed by atoms with Crippen LogP contribution in [-0.4, -0.2) is 22.6 Å². The zero-order valence-corrected chi connectivity index (χ0v) is 9.87. The summed E-state index contributed by atoms with van der Waals surface area (Å²) < 4.78 is 5.08. The lowest BCUT2D eigenvalue weighted by atomic mass is 10.0. The summed E-state index contributed by atoms with van der Waals surface area (Å²) in [4.78, 5) is 22.0. The predicted molar refractivity (Wildman–Crippen MR) is 56.5 cm³/mol. The Hall–Kier alpha value is -1.06. The Balaban J connectivity index is 3.94. The van der Waals surface area contributed by atoms with Crippen molar-refractivity contribution in [1.82, 2.24) is 0 Å². The molecule has 1 N–H and O–H groups in total. The smallest absolute Gasteiger partial charge is 0.306 e. The van der Waals surface area contributed by atoms with Gasteiger partial charge in [0.1, 0.15) is 5.60 Å². The lowest BCUT2D eigenvalue weighted by Gasteiger charge is -2.19. The van der Waals surface area contributed by atoms with Gasteiger partial charge in [-0.25, -0.2) is 0 Å². The molecule has 0 bridgehead atoms. The number of aliphatic carboxylic acids is 1. The van der Waals surface area contributed by atoms with Crippen LogP contribution >= 0.6 is 0 Å². The van der Waals surface area contributed by atoms with E-state index in [4.69, 9.17) is 9.84 Å². The molecule has 0 saturated heterocycles. The Labute approximate surface area is 90.6 Å². The molecule has 0 aromatic carbocycles. The molecule has 0 aliphatic heterocycles. The van der Waals surface area contributed by atoms with Crippen LogP contribution in [-0.2, 0) is 14.3 Å². The Kier molecular flexibility index (Phi) is 5.33. The predicted octanol–water partition coefficient (Wildman–Crippen LogP) is 2.22. The van der Waals surface area contributed by atoms with E-state index < -0.39 is 17.5 Å². The van der Waals surface area contributed by atoms with Crippen molar-refractivity contribution in [3.05, 3.63) is 0 Å². The molecule has 0 saturated carbocycles. The lowest BCUT2D eigenvalue weighted by Crippen LogP contribution is -2.24. The van der Waals surface area contributed by atoms with Crippen LogP contribution in [0.5, 0.6) is 0 Å². The van der Waals surface area contributed by atoms with Crippen LogP contribution in [0.1, 0.15) is 47.0 Å². The molecule has 1 unspecified atom stereocenters. The zero-order chi connectivity index (χ0) is 12.1. The highest BCUT2D eigenvalue weighted by Gasteiger charge is 2.20. The van der Waals surface area contributed by atoms with Crippen molar-refractivity contribution >= 4 is 11.9 Å². The van der Waals surface area contributed by atoms with Gasteiger partial charge in [0.15, 0.2) is 0 Å². The van der Waals surface area contributed by atoms with Crippen LogP contribution < -0.4 is 0 Å². The van der Waals surface area contributed by atoms with E-state index in [0.29, 0.717) is 12.8 Å². The summed E-state index contributed by atoms with van der Waals surface area (Å²) in [6.45, 7) is 7.17. The van der Waals surface area contributed by atoms with E-state index in [0.717, 1.165) is 0 Å². The van der Waals surface area contributed by atoms with E-state index in [2.05, 4.69) is 0 Å². The van der Waals surface area contributed by atoms with Gasteiger partial charge in [-0.3, -0.25) is 9.59 Å². The summed E-state index contributed by atoms with van der Waals surface area (Å²) in [5, 5.41) is 8.77. The number of hydrogen-bond donors (Lipinski definition) is 1. The lowest BCUT2D eigenvalue weighted by molar-refractivity contribution is -0.155. The van der Waals surface area contributed by atoms with E-state index in [1.165, 1.54) is 0 Å². The number of carbonyl (C=O) groups excluding carboxylic acids is 1. The average Bonchev–Trinajstić information content (AvgIpc) is 2.01. The topological polar surface area (TPSA) is 63.6 Å². The molecule has 0 amide bonds. The van der Waals surface area contributed by atoms with Crippen molar-refractivity contribution in [3.8, 4) is 0 Å². The molecule has 1 atom stereocenters. The first-order valence-corrected chi connectivity index (χ1v) is 5.21. The van der Waals surface area contributed by atoms with Gasteiger partial charge in [0.05, 0.1) is 5.92 Å². The SMILES string of the molecule is CCC(CCC(=O)OC(C)(C)C)C(=O)O. The molecule has 4 heteroatoms. The fraction of sp³-hybridized carbons (Fsp3) is 0.818. The number of ether oxygens (including phenoxy) is 1. The van der Waals surface area contributed by atoms with Gasteiger partial charge in [-0.1, -0.05) is 6.92 Å². The highest BCUT2D eigenvalue weighted by atomic mass is 16.6. The van der Waals surface area contributed by atoms with Crippen LogP contribution in [0.4, 0.5) is 0 Å². The molecule has 0 fully saturated rings. The summed E-state index contributed by atoms with van der Waals surface area (Å²) in [5.74, 6) is -1.62. The van der Waals surface area contributed by atoms with E-state index in [-0.39, 0.29) is 12.4 Å². The van der Waals surface area contributed by atoms with Crippen molar-refractivity contribution < 1.29 is 19.4 Å². The fourth-order valence-electron chi connectivity index (χ4n) is 1.19. The number of rotatable bonds is 5. The maximum atomic E-state index is 11.3. The van der Waals surface area contributed by atoms with Crippen LogP contribution in [0.3, 0.4) is 0 Å². The molecule has 4 nitrogen and oxygen atoms in total. The Morgan fingerprint density at radius 1 is 1.33 bits per heavy atom. The second-order valence-corrected chi connectivity index (χ2v) is 4.57. The minimum atomic E-state index is -0.846. The Bertz CT molecular complexity index is 227. The van der Waals surface area contributed by atoms with Crippen LogP contribution in [0.15, 0.2) is 0 Å². The van der Waals surface area contributed by atoms with E-state index in [1.54, 1.807) is 27.7 Å². The molecule has 88 valence electrons. The van der Waals surface area contributed by atoms with Gasteiger partial charge >= 0.3 is 11.9 Å². The summed E-state index contributed by atoms with van der Waals surface area (Å²) in [6, 6.07) is 0. The molecule has 0 heterocycles. The molecular weight excluding hydrogens is 196 g/mol. The number of carboxylic acids is 1. The minimum Gasteiger partial charge on any atom is -0.481 e. The molecule has 0 spiro atoms. The van der Waals surface area contributed by atoms with E-state index >= 15 is 0 Å². The molecule has 0 rings (SSSR count). The second-order valence-electron chi connectivity index (χ2n) is 4.57. The molecule has 0 aromatic rings. The fourth-order valence-corrected chi connectivity index (χ4v) is 1.19. The monoisotopic (exact) mass is 216 g/mol. The maximum absolute atomic E-state index is 11.3. The van der Waals surface area contributed by atoms with Crippen molar-refractivity contribution in [2.45, 2.75) is 52.6 Å². The van der Waals surface area contributed by atoms with Gasteiger partial charge < -0.3 is 9.84 Å². The Morgan fingerprint density at radius 2 is 1.87 bits per heavy atom. The minimum absolute atomic E-state index is 0.169. The van der Waals surface area contributed by atoms with Crippen LogP contribution in [0.25, 0.3) is 0 Å². The first kappa shape index (κ1) is 13.9. The third-order valence-electron chi connectivity index (χ3n) is 1.96. The first-order valence-electron chi connectivity index (χ1n) is 5.21. The second kappa shape index (κ2) is 5.73. The summed E-state index contributed by atoms with van der Waals surface area (Å²) in [6.07, 6.45) is 1.06. The summed E-state index contributed by atoms with van der Waals surface area (Å²) >= 11 is 0. The van der Waals surface area contributed by atoms with Gasteiger partial charge in [0, 0.05) is 6.42 Å². The standard InChI is InChI=1S/C11H20O4/c1-5-8(10(13)14)6-7-9(12)15-11(2,3)4/h8H,5-7H2,1-4H3,(H,13,14). The van der Waals surface area contributed by atoms with Crippen molar-refractivity contribution in [3.63, 3.8) is 0 Å². The van der Waals surface area contributed by atoms with Gasteiger partial charge in [-0.15, -0.1) is 0 Å². The summed E-state index contributed by atoms with van der Waals surface area (Å²) in [5.41, 5.74) is -0.498.